The molecular formula is C7H11N3O2S. The van der Waals surface area contributed by atoms with E-state index >= 15 is 0 Å². The Morgan fingerprint density at radius 2 is 1.85 bits per heavy atom. The van der Waals surface area contributed by atoms with Gasteiger partial charge in [0, 0.05) is 0 Å². The molecule has 0 aliphatic rings. The molecule has 1 aromatic carbocycles. The lowest BCUT2D eigenvalue weighted by Gasteiger charge is -2.19. The van der Waals surface area contributed by atoms with Gasteiger partial charge in [0.05, 0.1) is 11.9 Å². The largest absolute Gasteiger partial charge is 0.252 e. The molecule has 13 heavy (non-hydrogen) atoms. The predicted octanol–water partition coefficient (Wildman–Crippen LogP) is -0.169. The van der Waals surface area contributed by atoms with Crippen LogP contribution in [0.5, 0.6) is 0 Å². The molecule has 0 heterocycles. The van der Waals surface area contributed by atoms with Gasteiger partial charge < -0.3 is 0 Å². The molecular weight excluding hydrogens is 190 g/mol. The average molecular weight is 201 g/mol. The first-order valence-corrected chi connectivity index (χ1v) is 5.42. The van der Waals surface area contributed by atoms with Crippen molar-refractivity contribution >= 4 is 15.7 Å². The van der Waals surface area contributed by atoms with Crippen LogP contribution in [0.25, 0.3) is 0 Å². The molecule has 0 spiro atoms. The van der Waals surface area contributed by atoms with Crippen molar-refractivity contribution in [1.29, 1.82) is 0 Å². The number of benzene rings is 1. The van der Waals surface area contributed by atoms with Crippen molar-refractivity contribution < 1.29 is 8.42 Å². The molecule has 0 radical (unpaired) electrons. The Morgan fingerprint density at radius 3 is 2.23 bits per heavy atom. The van der Waals surface area contributed by atoms with Crippen molar-refractivity contribution in [3.63, 3.8) is 0 Å². The minimum atomic E-state index is -3.37. The first kappa shape index (κ1) is 9.97. The smallest absolute Gasteiger partial charge is 0.246 e. The van der Waals surface area contributed by atoms with E-state index in [1.807, 2.05) is 0 Å². The monoisotopic (exact) mass is 201 g/mol. The van der Waals surface area contributed by atoms with E-state index in [0.29, 0.717) is 5.69 Å². The van der Waals surface area contributed by atoms with Gasteiger partial charge in [-0.15, -0.1) is 0 Å². The van der Waals surface area contributed by atoms with Gasteiger partial charge in [-0.2, -0.15) is 9.95 Å². The maximum atomic E-state index is 11.1. The van der Waals surface area contributed by atoms with Gasteiger partial charge >= 0.3 is 0 Å². The molecule has 0 aliphatic heterocycles. The summed E-state index contributed by atoms with van der Waals surface area (Å²) in [6.45, 7) is 0. The third-order valence-electron chi connectivity index (χ3n) is 1.44. The Labute approximate surface area is 77.1 Å². The fraction of sp³-hybridized carbons (Fsp3) is 0.143. The molecule has 0 saturated carbocycles. The summed E-state index contributed by atoms with van der Waals surface area (Å²) in [7, 11) is -3.37. The van der Waals surface area contributed by atoms with E-state index in [9.17, 15) is 8.42 Å². The lowest BCUT2D eigenvalue weighted by Crippen LogP contribution is -2.46. The summed E-state index contributed by atoms with van der Waals surface area (Å²) in [4.78, 5) is 0. The molecule has 72 valence electrons. The van der Waals surface area contributed by atoms with Gasteiger partial charge in [0.15, 0.2) is 0 Å². The number of nitrogens with one attached hydrogen (secondary N) is 1. The van der Waals surface area contributed by atoms with E-state index < -0.39 is 10.0 Å². The molecule has 0 amide bonds. The van der Waals surface area contributed by atoms with Gasteiger partial charge in [0.2, 0.25) is 10.0 Å². The predicted molar refractivity (Wildman–Crippen MR) is 51.1 cm³/mol. The van der Waals surface area contributed by atoms with Crippen molar-refractivity contribution in [2.45, 2.75) is 0 Å². The highest BCUT2D eigenvalue weighted by Crippen LogP contribution is 2.12. The minimum absolute atomic E-state index is 0.479. The number of hydrogen-bond acceptors (Lipinski definition) is 4. The van der Waals surface area contributed by atoms with Gasteiger partial charge in [0.25, 0.3) is 0 Å². The highest BCUT2D eigenvalue weighted by molar-refractivity contribution is 7.92. The lowest BCUT2D eigenvalue weighted by atomic mass is 10.3. The number of rotatable bonds is 3. The Hall–Kier alpha value is -1.11. The second-order valence-electron chi connectivity index (χ2n) is 2.49. The second-order valence-corrected chi connectivity index (χ2v) is 4.32. The Morgan fingerprint density at radius 1 is 1.31 bits per heavy atom. The number of anilines is 1. The average Bonchev–Trinajstić information content (AvgIpc) is 2.05. The van der Waals surface area contributed by atoms with Crippen LogP contribution < -0.4 is 15.8 Å². The van der Waals surface area contributed by atoms with Crippen LogP contribution in [0.15, 0.2) is 30.3 Å². The molecule has 0 aliphatic carbocycles. The van der Waals surface area contributed by atoms with Gasteiger partial charge in [-0.3, -0.25) is 5.84 Å². The van der Waals surface area contributed by atoms with Gasteiger partial charge in [-0.05, 0) is 12.1 Å². The number of nitrogens with zero attached hydrogens (tertiary/aromatic N) is 1. The first-order valence-electron chi connectivity index (χ1n) is 3.57. The van der Waals surface area contributed by atoms with Crippen molar-refractivity contribution in [2.75, 3.05) is 10.7 Å². The number of hydrazine groups is 2. The van der Waals surface area contributed by atoms with Crippen LogP contribution in [-0.2, 0) is 10.0 Å². The summed E-state index contributed by atoms with van der Waals surface area (Å²) >= 11 is 0. The Balaban J connectivity index is 3.06. The van der Waals surface area contributed by atoms with Crippen LogP contribution in [0.2, 0.25) is 0 Å². The molecule has 0 aromatic heterocycles. The number of hydrogen-bond donors (Lipinski definition) is 2. The summed E-state index contributed by atoms with van der Waals surface area (Å²) in [6.07, 6.45) is 1.07. The van der Waals surface area contributed by atoms with Crippen molar-refractivity contribution in [3.8, 4) is 0 Å². The van der Waals surface area contributed by atoms with E-state index in [2.05, 4.69) is 5.53 Å². The van der Waals surface area contributed by atoms with E-state index in [1.54, 1.807) is 30.3 Å². The van der Waals surface area contributed by atoms with Crippen LogP contribution in [0.1, 0.15) is 0 Å². The molecule has 0 unspecified atom stereocenters. The molecule has 5 nitrogen and oxygen atoms in total. The van der Waals surface area contributed by atoms with E-state index in [-0.39, 0.29) is 0 Å². The van der Waals surface area contributed by atoms with Gasteiger partial charge in [-0.1, -0.05) is 18.2 Å². The Bertz CT molecular complexity index is 363. The quantitative estimate of drug-likeness (QED) is 0.526. The topological polar surface area (TPSA) is 75.4 Å². The fourth-order valence-electron chi connectivity index (χ4n) is 0.925. The zero-order valence-corrected chi connectivity index (χ0v) is 7.95. The van der Waals surface area contributed by atoms with Crippen molar-refractivity contribution in [1.82, 2.24) is 5.53 Å². The number of sulfonamides is 1. The van der Waals surface area contributed by atoms with Crippen molar-refractivity contribution in [3.05, 3.63) is 30.3 Å². The zero-order chi connectivity index (χ0) is 9.90. The molecule has 3 N–H and O–H groups in total. The van der Waals surface area contributed by atoms with E-state index in [4.69, 9.17) is 5.84 Å². The van der Waals surface area contributed by atoms with Crippen LogP contribution in [-0.4, -0.2) is 14.7 Å². The van der Waals surface area contributed by atoms with Gasteiger partial charge in [-0.25, -0.2) is 8.42 Å². The third kappa shape index (κ3) is 2.41. The maximum absolute atomic E-state index is 11.1. The molecule has 0 saturated heterocycles. The first-order chi connectivity index (χ1) is 6.05. The van der Waals surface area contributed by atoms with Crippen molar-refractivity contribution in [2.24, 2.45) is 5.84 Å². The summed E-state index contributed by atoms with van der Waals surface area (Å²) < 4.78 is 23.2. The van der Waals surface area contributed by atoms with Crippen LogP contribution in [0, 0.1) is 0 Å². The summed E-state index contributed by atoms with van der Waals surface area (Å²) in [5.41, 5.74) is 2.58. The normalized spacial score (nSPS) is 11.2. The van der Waals surface area contributed by atoms with E-state index in [1.165, 1.54) is 0 Å². The van der Waals surface area contributed by atoms with Gasteiger partial charge in [0.1, 0.15) is 0 Å². The fourth-order valence-corrected chi connectivity index (χ4v) is 1.62. The summed E-state index contributed by atoms with van der Waals surface area (Å²) in [6, 6.07) is 8.53. The molecule has 6 heteroatoms. The third-order valence-corrected chi connectivity index (χ3v) is 2.42. The van der Waals surface area contributed by atoms with Crippen LogP contribution >= 0.6 is 0 Å². The highest BCUT2D eigenvalue weighted by atomic mass is 32.2. The summed E-state index contributed by atoms with van der Waals surface area (Å²) in [5.74, 6) is 5.09. The maximum Gasteiger partial charge on any atom is 0.246 e. The molecule has 0 fully saturated rings. The zero-order valence-electron chi connectivity index (χ0n) is 7.14. The molecule has 1 aromatic rings. The van der Waals surface area contributed by atoms with E-state index in [0.717, 1.165) is 10.7 Å². The Kier molecular flexibility index (Phi) is 2.86. The summed E-state index contributed by atoms with van der Waals surface area (Å²) in [5, 5.41) is 0. The minimum Gasteiger partial charge on any atom is -0.252 e. The SMILES string of the molecule is CS(=O)(=O)N(NN)c1ccccc1. The number of nitrogens with two attached hydrogens (primary N) is 1. The molecule has 0 atom stereocenters. The standard InChI is InChI=1S/C7H11N3O2S/c1-13(11,12)10(9-8)7-5-3-2-4-6-7/h2-6,9H,8H2,1H3. The second kappa shape index (κ2) is 3.73. The van der Waals surface area contributed by atoms with Crippen LogP contribution in [0.4, 0.5) is 5.69 Å². The molecule has 0 bridgehead atoms. The number of para-hydroxylation sites is 1. The lowest BCUT2D eigenvalue weighted by molar-refractivity contribution is 0.586. The highest BCUT2D eigenvalue weighted by Gasteiger charge is 2.14. The van der Waals surface area contributed by atoms with Crippen LogP contribution in [0.3, 0.4) is 0 Å². The molecule has 1 rings (SSSR count).